The number of amides is 2. The fourth-order valence-electron chi connectivity index (χ4n) is 1.96. The number of hydrogen-bond donors (Lipinski definition) is 1. The second kappa shape index (κ2) is 7.08. The lowest BCUT2D eigenvalue weighted by Crippen LogP contribution is -2.39. The molecule has 23 heavy (non-hydrogen) atoms. The fraction of sp³-hybridized carbons (Fsp3) is 0.733. The third-order valence-corrected chi connectivity index (χ3v) is 3.53. The zero-order chi connectivity index (χ0) is 17.8. The van der Waals surface area contributed by atoms with E-state index in [1.165, 1.54) is 0 Å². The van der Waals surface area contributed by atoms with E-state index in [1.54, 1.807) is 27.7 Å². The van der Waals surface area contributed by atoms with E-state index >= 15 is 0 Å². The molecule has 0 atom stereocenters. The Kier molecular flexibility index (Phi) is 5.87. The van der Waals surface area contributed by atoms with Gasteiger partial charge < -0.3 is 14.7 Å². The molecule has 0 bridgehead atoms. The maximum Gasteiger partial charge on any atom is 0.338 e. The fourth-order valence-corrected chi connectivity index (χ4v) is 1.96. The molecule has 0 aromatic heterocycles. The Morgan fingerprint density at radius 3 is 2.13 bits per heavy atom. The Morgan fingerprint density at radius 1 is 1.13 bits per heavy atom. The number of carbonyl (C=O) groups is 4. The number of carbonyl (C=O) groups excluding carboxylic acids is 3. The first kappa shape index (κ1) is 19.1. The second-order valence-corrected chi connectivity index (χ2v) is 6.77. The Morgan fingerprint density at radius 2 is 1.65 bits per heavy atom. The average Bonchev–Trinajstić information content (AvgIpc) is 2.68. The van der Waals surface area contributed by atoms with E-state index in [-0.39, 0.29) is 32.3 Å². The zero-order valence-electron chi connectivity index (χ0n) is 13.9. The lowest BCUT2D eigenvalue weighted by atomic mass is 9.90. The molecule has 1 aliphatic heterocycles. The summed E-state index contributed by atoms with van der Waals surface area (Å²) < 4.78 is 5.50. The molecule has 0 spiro atoms. The number of nitrogens with zero attached hydrogens (tertiary/aromatic N) is 1. The number of rotatable bonds is 8. The molecule has 0 aromatic rings. The molecular weight excluding hydrogens is 306 g/mol. The summed E-state index contributed by atoms with van der Waals surface area (Å²) in [5, 5.41) is 9.30. The van der Waals surface area contributed by atoms with Crippen molar-refractivity contribution in [2.45, 2.75) is 59.0 Å². The van der Waals surface area contributed by atoms with Crippen LogP contribution in [0.2, 0.25) is 0 Å². The highest BCUT2D eigenvalue weighted by Gasteiger charge is 2.38. The highest BCUT2D eigenvalue weighted by atomic mass is 16.7. The van der Waals surface area contributed by atoms with Crippen molar-refractivity contribution >= 4 is 23.8 Å². The molecule has 130 valence electrons. The van der Waals surface area contributed by atoms with Crippen LogP contribution >= 0.6 is 0 Å². The number of ether oxygens (including phenoxy) is 1. The van der Waals surface area contributed by atoms with Crippen molar-refractivity contribution in [2.75, 3.05) is 6.61 Å². The first-order valence-corrected chi connectivity index (χ1v) is 7.38. The lowest BCUT2D eigenvalue weighted by molar-refractivity contribution is -0.205. The number of carboxylic acids is 1. The Balaban J connectivity index is 2.51. The van der Waals surface area contributed by atoms with E-state index in [9.17, 15) is 19.2 Å². The number of hydrogen-bond acceptors (Lipinski definition) is 6. The van der Waals surface area contributed by atoms with Gasteiger partial charge in [-0.25, -0.2) is 4.79 Å². The Labute approximate surface area is 134 Å². The van der Waals surface area contributed by atoms with Crippen LogP contribution in [-0.4, -0.2) is 46.1 Å². The average molecular weight is 329 g/mol. The summed E-state index contributed by atoms with van der Waals surface area (Å²) in [7, 11) is 0. The lowest BCUT2D eigenvalue weighted by Gasteiger charge is -2.28. The van der Waals surface area contributed by atoms with Gasteiger partial charge in [0.05, 0.1) is 17.4 Å². The van der Waals surface area contributed by atoms with Gasteiger partial charge in [-0.05, 0) is 34.1 Å². The molecular formula is C15H23NO7. The van der Waals surface area contributed by atoms with E-state index < -0.39 is 34.8 Å². The monoisotopic (exact) mass is 329 g/mol. The number of imide groups is 1. The van der Waals surface area contributed by atoms with Gasteiger partial charge in [0.1, 0.15) is 0 Å². The van der Waals surface area contributed by atoms with E-state index in [4.69, 9.17) is 14.7 Å². The van der Waals surface area contributed by atoms with Crippen molar-refractivity contribution in [1.82, 2.24) is 5.06 Å². The van der Waals surface area contributed by atoms with E-state index in [1.807, 2.05) is 0 Å². The predicted octanol–water partition coefficient (Wildman–Crippen LogP) is 1.28. The van der Waals surface area contributed by atoms with Gasteiger partial charge in [0, 0.05) is 19.4 Å². The first-order valence-electron chi connectivity index (χ1n) is 7.38. The Bertz CT molecular complexity index is 494. The van der Waals surface area contributed by atoms with Crippen LogP contribution < -0.4 is 0 Å². The number of aliphatic carboxylic acids is 1. The normalized spacial score (nSPS) is 15.9. The topological polar surface area (TPSA) is 110 Å². The third-order valence-electron chi connectivity index (χ3n) is 3.53. The number of carboxylic acid groups (broad SMARTS) is 1. The molecule has 0 unspecified atom stereocenters. The molecule has 8 nitrogen and oxygen atoms in total. The first-order chi connectivity index (χ1) is 10.4. The van der Waals surface area contributed by atoms with Crippen LogP contribution in [0.25, 0.3) is 0 Å². The molecule has 1 fully saturated rings. The van der Waals surface area contributed by atoms with Gasteiger partial charge in [-0.2, -0.15) is 0 Å². The summed E-state index contributed by atoms with van der Waals surface area (Å²) in [6, 6.07) is 0. The summed E-state index contributed by atoms with van der Waals surface area (Å²) in [6.07, 6.45) is 0.178. The molecule has 0 aromatic carbocycles. The van der Waals surface area contributed by atoms with E-state index in [0.29, 0.717) is 5.06 Å². The standard InChI is InChI=1S/C15H23NO7/c1-14(2,7-8-22-15(3,4)9-12(19)20)13(21)23-16-10(17)5-6-11(16)18/h5-9H2,1-4H3,(H,19,20). The van der Waals surface area contributed by atoms with Crippen LogP contribution in [0.4, 0.5) is 0 Å². The molecule has 2 amide bonds. The molecule has 0 aliphatic carbocycles. The van der Waals surface area contributed by atoms with Crippen LogP contribution in [0, 0.1) is 5.41 Å². The summed E-state index contributed by atoms with van der Waals surface area (Å²) >= 11 is 0. The van der Waals surface area contributed by atoms with Crippen molar-refractivity contribution in [3.63, 3.8) is 0 Å². The van der Waals surface area contributed by atoms with Gasteiger partial charge in [-0.3, -0.25) is 14.4 Å². The van der Waals surface area contributed by atoms with Crippen LogP contribution in [0.5, 0.6) is 0 Å². The van der Waals surface area contributed by atoms with Crippen molar-refractivity contribution < 1.29 is 33.9 Å². The molecule has 1 heterocycles. The van der Waals surface area contributed by atoms with Gasteiger partial charge in [-0.1, -0.05) is 0 Å². The van der Waals surface area contributed by atoms with E-state index in [0.717, 1.165) is 0 Å². The van der Waals surface area contributed by atoms with Crippen LogP contribution in [0.15, 0.2) is 0 Å². The SMILES string of the molecule is CC(C)(CC(=O)O)OCCC(C)(C)C(=O)ON1C(=O)CCC1=O. The highest BCUT2D eigenvalue weighted by molar-refractivity contribution is 6.01. The quantitative estimate of drug-likeness (QED) is 0.668. The van der Waals surface area contributed by atoms with Gasteiger partial charge in [0.15, 0.2) is 0 Å². The van der Waals surface area contributed by atoms with Crippen molar-refractivity contribution in [3.05, 3.63) is 0 Å². The largest absolute Gasteiger partial charge is 0.481 e. The summed E-state index contributed by atoms with van der Waals surface area (Å²) in [5.74, 6) is -2.74. The van der Waals surface area contributed by atoms with Crippen LogP contribution in [0.3, 0.4) is 0 Å². The maximum atomic E-state index is 12.1. The minimum atomic E-state index is -0.984. The molecule has 0 saturated carbocycles. The maximum absolute atomic E-state index is 12.1. The van der Waals surface area contributed by atoms with Gasteiger partial charge in [-0.15, -0.1) is 5.06 Å². The van der Waals surface area contributed by atoms with Gasteiger partial charge >= 0.3 is 11.9 Å². The van der Waals surface area contributed by atoms with Crippen molar-refractivity contribution in [3.8, 4) is 0 Å². The van der Waals surface area contributed by atoms with Gasteiger partial charge in [0.25, 0.3) is 11.8 Å². The molecule has 1 saturated heterocycles. The van der Waals surface area contributed by atoms with E-state index in [2.05, 4.69) is 0 Å². The predicted molar refractivity (Wildman–Crippen MR) is 77.9 cm³/mol. The molecule has 8 heteroatoms. The molecule has 1 aliphatic rings. The van der Waals surface area contributed by atoms with Crippen LogP contribution in [-0.2, 0) is 28.8 Å². The molecule has 1 rings (SSSR count). The van der Waals surface area contributed by atoms with Crippen molar-refractivity contribution in [1.29, 1.82) is 0 Å². The minimum Gasteiger partial charge on any atom is -0.481 e. The van der Waals surface area contributed by atoms with Crippen molar-refractivity contribution in [2.24, 2.45) is 5.41 Å². The second-order valence-electron chi connectivity index (χ2n) is 6.77. The zero-order valence-corrected chi connectivity index (χ0v) is 13.9. The smallest absolute Gasteiger partial charge is 0.338 e. The Hall–Kier alpha value is -1.96. The summed E-state index contributed by atoms with van der Waals surface area (Å²) in [6.45, 7) is 6.65. The molecule has 1 N–H and O–H groups in total. The third kappa shape index (κ3) is 5.63. The summed E-state index contributed by atoms with van der Waals surface area (Å²) in [5.41, 5.74) is -1.84. The minimum absolute atomic E-state index is 0.0407. The van der Waals surface area contributed by atoms with Gasteiger partial charge in [0.2, 0.25) is 0 Å². The molecule has 0 radical (unpaired) electrons. The van der Waals surface area contributed by atoms with Crippen LogP contribution in [0.1, 0.15) is 53.4 Å². The number of hydroxylamine groups is 2. The summed E-state index contributed by atoms with van der Waals surface area (Å²) in [4.78, 5) is 50.6. The highest BCUT2D eigenvalue weighted by Crippen LogP contribution is 2.26.